The van der Waals surface area contributed by atoms with E-state index in [1.807, 2.05) is 27.9 Å². The van der Waals surface area contributed by atoms with E-state index in [1.54, 1.807) is 6.92 Å². The summed E-state index contributed by atoms with van der Waals surface area (Å²) in [6, 6.07) is 0. The maximum absolute atomic E-state index is 10.4. The minimum absolute atomic E-state index is 0.289. The average molecular weight is 159 g/mol. The number of Topliss-reactive ketones (excluding diaryl/α,β-unsaturated/α-hetero) is 1. The minimum Gasteiger partial charge on any atom is -0.309 e. The van der Waals surface area contributed by atoms with E-state index in [1.165, 1.54) is 0 Å². The van der Waals surface area contributed by atoms with Gasteiger partial charge >= 0.3 is 0 Å². The van der Waals surface area contributed by atoms with E-state index in [9.17, 15) is 4.79 Å². The van der Waals surface area contributed by atoms with Gasteiger partial charge in [0.15, 0.2) is 0 Å². The maximum atomic E-state index is 10.4. The van der Waals surface area contributed by atoms with Gasteiger partial charge in [-0.25, -0.2) is 0 Å². The Balaban J connectivity index is 0. The third-order valence-electron chi connectivity index (χ3n) is 1.13. The average Bonchev–Trinajstić information content (AvgIpc) is 1.90. The zero-order chi connectivity index (χ0) is 9.28. The highest BCUT2D eigenvalue weighted by Gasteiger charge is 1.93. The van der Waals surface area contributed by atoms with E-state index in [2.05, 4.69) is 4.90 Å². The monoisotopic (exact) mass is 159 g/mol. The van der Waals surface area contributed by atoms with Crippen LogP contribution in [0.1, 0.15) is 33.6 Å². The molecule has 0 unspecified atom stereocenters. The summed E-state index contributed by atoms with van der Waals surface area (Å²) in [5.74, 6) is 0.289. The fraction of sp³-hybridized carbons (Fsp3) is 0.889. The first-order valence-electron chi connectivity index (χ1n) is 4.27. The summed E-state index contributed by atoms with van der Waals surface area (Å²) in [6.45, 7) is 6.65. The van der Waals surface area contributed by atoms with Gasteiger partial charge in [0.2, 0.25) is 0 Å². The van der Waals surface area contributed by atoms with E-state index in [0.717, 1.165) is 19.4 Å². The molecule has 2 heteroatoms. The highest BCUT2D eigenvalue weighted by Crippen LogP contribution is 1.90. The molecule has 0 saturated carbocycles. The standard InChI is InChI=1S/C7H15NO.C2H6/c1-7(9)5-4-6-8(2)3;1-2/h4-6H2,1-3H3;1-2H3. The fourth-order valence-electron chi connectivity index (χ4n) is 0.644. The highest BCUT2D eigenvalue weighted by molar-refractivity contribution is 5.75. The van der Waals surface area contributed by atoms with Gasteiger partial charge in [-0.05, 0) is 34.0 Å². The van der Waals surface area contributed by atoms with Crippen molar-refractivity contribution in [2.24, 2.45) is 0 Å². The number of carbonyl (C=O) groups excluding carboxylic acids is 1. The number of hydrogen-bond acceptors (Lipinski definition) is 2. The maximum Gasteiger partial charge on any atom is 0.129 e. The number of nitrogens with zero attached hydrogens (tertiary/aromatic N) is 1. The Bertz CT molecular complexity index is 89.6. The highest BCUT2D eigenvalue weighted by atomic mass is 16.1. The van der Waals surface area contributed by atoms with E-state index in [0.29, 0.717) is 0 Å². The lowest BCUT2D eigenvalue weighted by Gasteiger charge is -2.06. The van der Waals surface area contributed by atoms with Crippen LogP contribution in [0.4, 0.5) is 0 Å². The lowest BCUT2D eigenvalue weighted by atomic mass is 10.2. The van der Waals surface area contributed by atoms with Gasteiger partial charge in [0.1, 0.15) is 5.78 Å². The van der Waals surface area contributed by atoms with Gasteiger partial charge in [-0.2, -0.15) is 0 Å². The summed E-state index contributed by atoms with van der Waals surface area (Å²) in [5.41, 5.74) is 0. The molecule has 0 N–H and O–H groups in total. The SMILES string of the molecule is CC.CC(=O)CCCN(C)C. The molecular weight excluding hydrogens is 138 g/mol. The van der Waals surface area contributed by atoms with Gasteiger partial charge < -0.3 is 9.69 Å². The third-order valence-corrected chi connectivity index (χ3v) is 1.13. The van der Waals surface area contributed by atoms with Crippen molar-refractivity contribution >= 4 is 5.78 Å². The molecular formula is C9H21NO. The molecule has 0 aliphatic rings. The van der Waals surface area contributed by atoms with Gasteiger partial charge in [0.05, 0.1) is 0 Å². The Hall–Kier alpha value is -0.370. The van der Waals surface area contributed by atoms with Crippen molar-refractivity contribution in [2.75, 3.05) is 20.6 Å². The Labute approximate surface area is 70.6 Å². The number of ketones is 1. The molecule has 0 rings (SSSR count). The number of carbonyl (C=O) groups is 1. The summed E-state index contributed by atoms with van der Waals surface area (Å²) in [4.78, 5) is 12.5. The Morgan fingerprint density at radius 3 is 2.00 bits per heavy atom. The normalized spacial score (nSPS) is 8.91. The predicted octanol–water partition coefficient (Wildman–Crippen LogP) is 1.94. The van der Waals surface area contributed by atoms with Gasteiger partial charge in [-0.15, -0.1) is 0 Å². The molecule has 0 aromatic carbocycles. The molecule has 0 aromatic heterocycles. The second-order valence-corrected chi connectivity index (χ2v) is 2.61. The second kappa shape index (κ2) is 9.63. The van der Waals surface area contributed by atoms with Crippen LogP contribution >= 0.6 is 0 Å². The van der Waals surface area contributed by atoms with Crippen LogP contribution in [0.2, 0.25) is 0 Å². The van der Waals surface area contributed by atoms with Crippen LogP contribution < -0.4 is 0 Å². The topological polar surface area (TPSA) is 20.3 Å². The van der Waals surface area contributed by atoms with Gasteiger partial charge in [0, 0.05) is 6.42 Å². The van der Waals surface area contributed by atoms with Crippen molar-refractivity contribution in [3.63, 3.8) is 0 Å². The molecule has 0 bridgehead atoms. The first kappa shape index (κ1) is 13.2. The Morgan fingerprint density at radius 2 is 1.73 bits per heavy atom. The van der Waals surface area contributed by atoms with Gasteiger partial charge in [0.25, 0.3) is 0 Å². The van der Waals surface area contributed by atoms with Crippen molar-refractivity contribution < 1.29 is 4.79 Å². The van der Waals surface area contributed by atoms with Crippen molar-refractivity contribution in [1.29, 1.82) is 0 Å². The van der Waals surface area contributed by atoms with E-state index >= 15 is 0 Å². The summed E-state index contributed by atoms with van der Waals surface area (Å²) >= 11 is 0. The molecule has 0 atom stereocenters. The minimum atomic E-state index is 0.289. The lowest BCUT2D eigenvalue weighted by molar-refractivity contribution is -0.117. The van der Waals surface area contributed by atoms with Crippen LogP contribution in [0, 0.1) is 0 Å². The van der Waals surface area contributed by atoms with Crippen molar-refractivity contribution in [3.05, 3.63) is 0 Å². The molecule has 68 valence electrons. The Kier molecular flexibility index (Phi) is 11.6. The number of rotatable bonds is 4. The second-order valence-electron chi connectivity index (χ2n) is 2.61. The van der Waals surface area contributed by atoms with Crippen LogP contribution in [0.3, 0.4) is 0 Å². The fourth-order valence-corrected chi connectivity index (χ4v) is 0.644. The van der Waals surface area contributed by atoms with Crippen molar-refractivity contribution in [1.82, 2.24) is 4.90 Å². The van der Waals surface area contributed by atoms with Crippen LogP contribution in [0.25, 0.3) is 0 Å². The Morgan fingerprint density at radius 1 is 1.27 bits per heavy atom. The van der Waals surface area contributed by atoms with Crippen molar-refractivity contribution in [2.45, 2.75) is 33.6 Å². The smallest absolute Gasteiger partial charge is 0.129 e. The molecule has 0 saturated heterocycles. The van der Waals surface area contributed by atoms with Crippen LogP contribution in [0.5, 0.6) is 0 Å². The van der Waals surface area contributed by atoms with Crippen molar-refractivity contribution in [3.8, 4) is 0 Å². The van der Waals surface area contributed by atoms with Crippen LogP contribution in [0.15, 0.2) is 0 Å². The molecule has 2 nitrogen and oxygen atoms in total. The summed E-state index contributed by atoms with van der Waals surface area (Å²) < 4.78 is 0. The predicted molar refractivity (Wildman–Crippen MR) is 49.8 cm³/mol. The molecule has 0 radical (unpaired) electrons. The van der Waals surface area contributed by atoms with Crippen LogP contribution in [-0.2, 0) is 4.79 Å². The first-order valence-corrected chi connectivity index (χ1v) is 4.27. The van der Waals surface area contributed by atoms with E-state index in [4.69, 9.17) is 0 Å². The first-order chi connectivity index (χ1) is 5.13. The molecule has 0 aliphatic heterocycles. The quantitative estimate of drug-likeness (QED) is 0.625. The molecule has 0 fully saturated rings. The number of hydrogen-bond donors (Lipinski definition) is 0. The van der Waals surface area contributed by atoms with Crippen LogP contribution in [-0.4, -0.2) is 31.3 Å². The van der Waals surface area contributed by atoms with E-state index < -0.39 is 0 Å². The van der Waals surface area contributed by atoms with Gasteiger partial charge in [-0.1, -0.05) is 13.8 Å². The lowest BCUT2D eigenvalue weighted by Crippen LogP contribution is -2.13. The molecule has 0 aliphatic carbocycles. The largest absolute Gasteiger partial charge is 0.309 e. The molecule has 0 heterocycles. The molecule has 0 amide bonds. The molecule has 11 heavy (non-hydrogen) atoms. The van der Waals surface area contributed by atoms with E-state index in [-0.39, 0.29) is 5.78 Å². The van der Waals surface area contributed by atoms with Gasteiger partial charge in [-0.3, -0.25) is 0 Å². The zero-order valence-electron chi connectivity index (χ0n) is 8.48. The zero-order valence-corrected chi connectivity index (χ0v) is 8.48. The third kappa shape index (κ3) is 17.7. The molecule has 0 aromatic rings. The summed E-state index contributed by atoms with van der Waals surface area (Å²) in [7, 11) is 4.03. The summed E-state index contributed by atoms with van der Waals surface area (Å²) in [6.07, 6.45) is 1.71. The molecule has 0 spiro atoms. The summed E-state index contributed by atoms with van der Waals surface area (Å²) in [5, 5.41) is 0.